The van der Waals surface area contributed by atoms with Gasteiger partial charge in [-0.1, -0.05) is 5.16 Å². The third-order valence-electron chi connectivity index (χ3n) is 4.07. The maximum Gasteiger partial charge on any atom is 0.407 e. The van der Waals surface area contributed by atoms with Gasteiger partial charge in [0.05, 0.1) is 17.9 Å². The van der Waals surface area contributed by atoms with E-state index >= 15 is 0 Å². The molecule has 1 aliphatic heterocycles. The van der Waals surface area contributed by atoms with E-state index in [4.69, 9.17) is 18.7 Å². The van der Waals surface area contributed by atoms with Gasteiger partial charge < -0.3 is 24.1 Å². The molecule has 0 bridgehead atoms. The minimum Gasteiger partial charge on any atom is -0.488 e. The number of hydrogen-bond acceptors (Lipinski definition) is 6. The normalized spacial score (nSPS) is 17.1. The van der Waals surface area contributed by atoms with Crippen molar-refractivity contribution in [1.82, 2.24) is 10.5 Å². The molecule has 3 rings (SSSR count). The number of nitrogens with one attached hydrogen (secondary N) is 1. The van der Waals surface area contributed by atoms with Gasteiger partial charge in [0, 0.05) is 19.2 Å². The number of rotatable bonds is 5. The predicted octanol–water partition coefficient (Wildman–Crippen LogP) is 3.06. The molecule has 25 heavy (non-hydrogen) atoms. The Hall–Kier alpha value is -2.54. The molecule has 7 nitrogen and oxygen atoms in total. The summed E-state index contributed by atoms with van der Waals surface area (Å²) < 4.78 is 21.9. The zero-order valence-corrected chi connectivity index (χ0v) is 14.4. The summed E-state index contributed by atoms with van der Waals surface area (Å²) in [5, 5.41) is 6.39. The van der Waals surface area contributed by atoms with E-state index in [0.29, 0.717) is 18.1 Å². The molecule has 1 amide bonds. The van der Waals surface area contributed by atoms with Crippen molar-refractivity contribution in [2.45, 2.75) is 32.5 Å². The quantitative estimate of drug-likeness (QED) is 0.896. The lowest BCUT2D eigenvalue weighted by molar-refractivity contribution is 0.00743. The Balaban J connectivity index is 1.70. The zero-order chi connectivity index (χ0) is 17.6. The predicted molar refractivity (Wildman–Crippen MR) is 90.4 cm³/mol. The van der Waals surface area contributed by atoms with Crippen LogP contribution in [0.15, 0.2) is 28.8 Å². The first-order chi connectivity index (χ1) is 12.2. The van der Waals surface area contributed by atoms with Crippen molar-refractivity contribution in [3.8, 4) is 17.1 Å². The topological polar surface area (TPSA) is 82.8 Å². The van der Waals surface area contributed by atoms with Crippen LogP contribution in [0.2, 0.25) is 0 Å². The number of carbonyl (C=O) groups excluding carboxylic acids is 1. The Kier molecular flexibility index (Phi) is 5.55. The van der Waals surface area contributed by atoms with E-state index in [1.807, 2.05) is 31.2 Å². The van der Waals surface area contributed by atoms with E-state index in [1.54, 1.807) is 0 Å². The van der Waals surface area contributed by atoms with E-state index in [9.17, 15) is 4.79 Å². The highest BCUT2D eigenvalue weighted by molar-refractivity contribution is 5.67. The Morgan fingerprint density at radius 3 is 2.84 bits per heavy atom. The zero-order valence-electron chi connectivity index (χ0n) is 14.4. The average Bonchev–Trinajstić information content (AvgIpc) is 3.02. The Labute approximate surface area is 146 Å². The molecule has 1 aromatic heterocycles. The highest BCUT2D eigenvalue weighted by Gasteiger charge is 2.18. The van der Waals surface area contributed by atoms with Gasteiger partial charge in [-0.05, 0) is 44.0 Å². The molecule has 1 atom stereocenters. The SMILES string of the molecule is CNC(=O)OCc1c(C)noc1-c1ccc(O[C@H]2CCCOC2)cc1. The number of amides is 1. The second kappa shape index (κ2) is 8.02. The number of aryl methyl sites for hydroxylation is 1. The number of benzene rings is 1. The van der Waals surface area contributed by atoms with Crippen LogP contribution in [0.1, 0.15) is 24.1 Å². The largest absolute Gasteiger partial charge is 0.488 e. The Morgan fingerprint density at radius 2 is 2.16 bits per heavy atom. The van der Waals surface area contributed by atoms with Crippen molar-refractivity contribution in [2.75, 3.05) is 20.3 Å². The fourth-order valence-electron chi connectivity index (χ4n) is 2.68. The number of ether oxygens (including phenoxy) is 3. The van der Waals surface area contributed by atoms with Crippen LogP contribution in [0.5, 0.6) is 5.75 Å². The van der Waals surface area contributed by atoms with E-state index in [-0.39, 0.29) is 12.7 Å². The molecule has 1 saturated heterocycles. The number of aromatic nitrogens is 1. The Morgan fingerprint density at radius 1 is 1.36 bits per heavy atom. The molecule has 134 valence electrons. The number of nitrogens with zero attached hydrogens (tertiary/aromatic N) is 1. The van der Waals surface area contributed by atoms with Crippen molar-refractivity contribution in [1.29, 1.82) is 0 Å². The Bertz CT molecular complexity index is 705. The minimum absolute atomic E-state index is 0.0992. The lowest BCUT2D eigenvalue weighted by Crippen LogP contribution is -2.27. The smallest absolute Gasteiger partial charge is 0.407 e. The van der Waals surface area contributed by atoms with E-state index in [2.05, 4.69) is 10.5 Å². The van der Waals surface area contributed by atoms with Crippen LogP contribution in [-0.2, 0) is 16.1 Å². The number of alkyl carbamates (subject to hydrolysis) is 1. The summed E-state index contributed by atoms with van der Waals surface area (Å²) in [6.45, 7) is 3.35. The molecule has 0 aliphatic carbocycles. The highest BCUT2D eigenvalue weighted by atomic mass is 16.6. The second-order valence-electron chi connectivity index (χ2n) is 5.88. The van der Waals surface area contributed by atoms with Crippen molar-refractivity contribution in [3.63, 3.8) is 0 Å². The van der Waals surface area contributed by atoms with Crippen LogP contribution in [0, 0.1) is 6.92 Å². The van der Waals surface area contributed by atoms with E-state index in [1.165, 1.54) is 7.05 Å². The fraction of sp³-hybridized carbons (Fsp3) is 0.444. The standard InChI is InChI=1S/C18H22N2O5/c1-12-16(11-23-18(21)19-2)17(25-20-12)13-5-7-14(8-6-13)24-15-4-3-9-22-10-15/h5-8,15H,3-4,9-11H2,1-2H3,(H,19,21)/t15-/m0/s1. The number of carbonyl (C=O) groups is 1. The molecular weight excluding hydrogens is 324 g/mol. The van der Waals surface area contributed by atoms with Gasteiger partial charge in [-0.3, -0.25) is 0 Å². The summed E-state index contributed by atoms with van der Waals surface area (Å²) in [5.41, 5.74) is 2.29. The van der Waals surface area contributed by atoms with Crippen molar-refractivity contribution < 1.29 is 23.5 Å². The molecule has 0 spiro atoms. The van der Waals surface area contributed by atoms with Gasteiger partial charge in [-0.25, -0.2) is 4.79 Å². The van der Waals surface area contributed by atoms with Crippen LogP contribution in [0.4, 0.5) is 4.79 Å². The minimum atomic E-state index is -0.495. The third-order valence-corrected chi connectivity index (χ3v) is 4.07. The number of hydrogen-bond donors (Lipinski definition) is 1. The van der Waals surface area contributed by atoms with Crippen molar-refractivity contribution >= 4 is 6.09 Å². The van der Waals surface area contributed by atoms with Crippen LogP contribution in [0.3, 0.4) is 0 Å². The average molecular weight is 346 g/mol. The fourth-order valence-corrected chi connectivity index (χ4v) is 2.68. The lowest BCUT2D eigenvalue weighted by Gasteiger charge is -2.23. The van der Waals surface area contributed by atoms with Gasteiger partial charge in [-0.2, -0.15) is 0 Å². The van der Waals surface area contributed by atoms with Crippen LogP contribution < -0.4 is 10.1 Å². The molecule has 0 radical (unpaired) electrons. The van der Waals surface area contributed by atoms with Gasteiger partial charge in [0.25, 0.3) is 0 Å². The highest BCUT2D eigenvalue weighted by Crippen LogP contribution is 2.29. The first kappa shape index (κ1) is 17.3. The summed E-state index contributed by atoms with van der Waals surface area (Å²) in [4.78, 5) is 11.3. The van der Waals surface area contributed by atoms with Gasteiger partial charge in [-0.15, -0.1) is 0 Å². The van der Waals surface area contributed by atoms with Crippen LogP contribution in [-0.4, -0.2) is 37.6 Å². The molecule has 2 heterocycles. The van der Waals surface area contributed by atoms with E-state index in [0.717, 1.165) is 36.3 Å². The van der Waals surface area contributed by atoms with Gasteiger partial charge in [0.15, 0.2) is 5.76 Å². The van der Waals surface area contributed by atoms with Crippen molar-refractivity contribution in [2.24, 2.45) is 0 Å². The maximum absolute atomic E-state index is 11.3. The molecule has 0 unspecified atom stereocenters. The molecule has 1 aliphatic rings. The summed E-state index contributed by atoms with van der Waals surface area (Å²) >= 11 is 0. The van der Waals surface area contributed by atoms with E-state index < -0.39 is 6.09 Å². The van der Waals surface area contributed by atoms with Gasteiger partial charge in [0.1, 0.15) is 18.5 Å². The van der Waals surface area contributed by atoms with Crippen LogP contribution >= 0.6 is 0 Å². The second-order valence-corrected chi connectivity index (χ2v) is 5.88. The molecule has 7 heteroatoms. The van der Waals surface area contributed by atoms with Gasteiger partial charge in [0.2, 0.25) is 0 Å². The lowest BCUT2D eigenvalue weighted by atomic mass is 10.1. The molecule has 1 aromatic carbocycles. The summed E-state index contributed by atoms with van der Waals surface area (Å²) in [7, 11) is 1.51. The maximum atomic E-state index is 11.3. The summed E-state index contributed by atoms with van der Waals surface area (Å²) in [6, 6.07) is 7.60. The van der Waals surface area contributed by atoms with Gasteiger partial charge >= 0.3 is 6.09 Å². The van der Waals surface area contributed by atoms with Crippen LogP contribution in [0.25, 0.3) is 11.3 Å². The molecule has 0 saturated carbocycles. The molecule has 1 N–H and O–H groups in total. The third kappa shape index (κ3) is 4.30. The van der Waals surface area contributed by atoms with Crippen molar-refractivity contribution in [3.05, 3.63) is 35.5 Å². The monoisotopic (exact) mass is 346 g/mol. The first-order valence-electron chi connectivity index (χ1n) is 8.32. The molecule has 1 fully saturated rings. The first-order valence-corrected chi connectivity index (χ1v) is 8.32. The molecule has 2 aromatic rings. The summed E-state index contributed by atoms with van der Waals surface area (Å²) in [5.74, 6) is 1.38. The summed E-state index contributed by atoms with van der Waals surface area (Å²) in [6.07, 6.45) is 1.63. The molecular formula is C18H22N2O5.